The maximum absolute atomic E-state index is 13.1. The lowest BCUT2D eigenvalue weighted by atomic mass is 9.77. The minimum absolute atomic E-state index is 0.239. The van der Waals surface area contributed by atoms with E-state index in [9.17, 15) is 4.79 Å². The van der Waals surface area contributed by atoms with Crippen LogP contribution < -0.4 is 0 Å². The Hall–Kier alpha value is -1.35. The smallest absolute Gasteiger partial charge is 0.233 e. The molecule has 3 heteroatoms. The number of carbonyl (C=O) groups excluding carboxylic acids is 1. The topological polar surface area (TPSA) is 23.6 Å². The molecule has 1 amide bonds. The van der Waals surface area contributed by atoms with Crippen molar-refractivity contribution in [2.45, 2.75) is 31.1 Å². The zero-order valence-corrected chi connectivity index (χ0v) is 12.3. The third-order valence-electron chi connectivity index (χ3n) is 4.98. The Morgan fingerprint density at radius 2 is 1.60 bits per heavy atom. The summed E-state index contributed by atoms with van der Waals surface area (Å²) in [5.74, 6) is 0.370. The lowest BCUT2D eigenvalue weighted by molar-refractivity contribution is -0.139. The summed E-state index contributed by atoms with van der Waals surface area (Å²) in [6.07, 6.45) is 4.38. The molecule has 1 aliphatic heterocycles. The van der Waals surface area contributed by atoms with Gasteiger partial charge < -0.3 is 9.80 Å². The zero-order chi connectivity index (χ0) is 14.0. The molecule has 0 atom stereocenters. The van der Waals surface area contributed by atoms with Crippen molar-refractivity contribution in [3.05, 3.63) is 35.9 Å². The highest BCUT2D eigenvalue weighted by Crippen LogP contribution is 2.42. The molecule has 0 unspecified atom stereocenters. The van der Waals surface area contributed by atoms with Gasteiger partial charge in [-0.2, -0.15) is 0 Å². The highest BCUT2D eigenvalue weighted by atomic mass is 16.2. The third kappa shape index (κ3) is 2.35. The number of rotatable bonds is 2. The number of likely N-dealkylation sites (N-methyl/N-ethyl adjacent to an activating group) is 1. The Balaban J connectivity index is 1.85. The molecule has 1 aliphatic carbocycles. The molecule has 20 heavy (non-hydrogen) atoms. The number of amides is 1. The van der Waals surface area contributed by atoms with Crippen LogP contribution in [0.15, 0.2) is 30.3 Å². The molecular weight excluding hydrogens is 248 g/mol. The lowest BCUT2D eigenvalue weighted by Gasteiger charge is -2.39. The molecule has 3 nitrogen and oxygen atoms in total. The predicted molar refractivity (Wildman–Crippen MR) is 80.7 cm³/mol. The number of carbonyl (C=O) groups is 1. The molecule has 1 saturated carbocycles. The fourth-order valence-electron chi connectivity index (χ4n) is 3.67. The first-order valence-electron chi connectivity index (χ1n) is 7.76. The van der Waals surface area contributed by atoms with Gasteiger partial charge in [-0.15, -0.1) is 0 Å². The maximum atomic E-state index is 13.1. The molecular formula is C17H24N2O. The molecule has 0 N–H and O–H groups in total. The van der Waals surface area contributed by atoms with Gasteiger partial charge in [0.25, 0.3) is 0 Å². The largest absolute Gasteiger partial charge is 0.339 e. The summed E-state index contributed by atoms with van der Waals surface area (Å²) in [7, 11) is 2.13. The molecule has 2 aliphatic rings. The first-order valence-corrected chi connectivity index (χ1v) is 7.76. The first-order chi connectivity index (χ1) is 9.72. The van der Waals surface area contributed by atoms with Gasteiger partial charge in [0.05, 0.1) is 5.41 Å². The van der Waals surface area contributed by atoms with Crippen molar-refractivity contribution in [2.75, 3.05) is 33.2 Å². The standard InChI is InChI=1S/C17H24N2O/c1-18-11-13-19(14-12-18)16(20)17(9-5-6-10-17)15-7-3-2-4-8-15/h2-4,7-8H,5-6,9-14H2,1H3. The molecule has 1 aromatic carbocycles. The number of benzene rings is 1. The van der Waals surface area contributed by atoms with Crippen LogP contribution in [0, 0.1) is 0 Å². The van der Waals surface area contributed by atoms with Crippen molar-refractivity contribution in [3.63, 3.8) is 0 Å². The number of hydrogen-bond acceptors (Lipinski definition) is 2. The minimum atomic E-state index is -0.239. The van der Waals surface area contributed by atoms with E-state index in [1.807, 2.05) is 6.07 Å². The van der Waals surface area contributed by atoms with Crippen molar-refractivity contribution in [3.8, 4) is 0 Å². The van der Waals surface area contributed by atoms with Gasteiger partial charge in [-0.25, -0.2) is 0 Å². The first kappa shape index (κ1) is 13.6. The molecule has 3 rings (SSSR count). The van der Waals surface area contributed by atoms with E-state index in [0.29, 0.717) is 5.91 Å². The number of piperazine rings is 1. The van der Waals surface area contributed by atoms with Crippen molar-refractivity contribution < 1.29 is 4.79 Å². The van der Waals surface area contributed by atoms with Gasteiger partial charge in [0.1, 0.15) is 0 Å². The second-order valence-corrected chi connectivity index (χ2v) is 6.25. The molecule has 0 aromatic heterocycles. The second-order valence-electron chi connectivity index (χ2n) is 6.25. The van der Waals surface area contributed by atoms with Gasteiger partial charge >= 0.3 is 0 Å². The van der Waals surface area contributed by atoms with Crippen LogP contribution in [0.4, 0.5) is 0 Å². The zero-order valence-electron chi connectivity index (χ0n) is 12.3. The second kappa shape index (κ2) is 5.57. The van der Waals surface area contributed by atoms with Gasteiger partial charge in [-0.1, -0.05) is 43.2 Å². The van der Waals surface area contributed by atoms with Crippen LogP contribution in [0.2, 0.25) is 0 Å². The summed E-state index contributed by atoms with van der Waals surface area (Å²) in [6, 6.07) is 10.4. The molecule has 1 saturated heterocycles. The van der Waals surface area contributed by atoms with E-state index in [1.54, 1.807) is 0 Å². The van der Waals surface area contributed by atoms with Gasteiger partial charge in [0.15, 0.2) is 0 Å². The lowest BCUT2D eigenvalue weighted by Crippen LogP contribution is -2.53. The Morgan fingerprint density at radius 3 is 2.20 bits per heavy atom. The van der Waals surface area contributed by atoms with E-state index in [2.05, 4.69) is 41.1 Å². The van der Waals surface area contributed by atoms with E-state index >= 15 is 0 Å². The van der Waals surface area contributed by atoms with Crippen LogP contribution in [-0.2, 0) is 10.2 Å². The number of hydrogen-bond donors (Lipinski definition) is 0. The van der Waals surface area contributed by atoms with Gasteiger partial charge in [-0.3, -0.25) is 4.79 Å². The molecule has 0 spiro atoms. The third-order valence-corrected chi connectivity index (χ3v) is 4.98. The van der Waals surface area contributed by atoms with Crippen molar-refractivity contribution in [1.82, 2.24) is 9.80 Å². The van der Waals surface area contributed by atoms with Crippen molar-refractivity contribution in [1.29, 1.82) is 0 Å². The Bertz CT molecular complexity index is 457. The Labute approximate surface area is 121 Å². The molecule has 2 fully saturated rings. The SMILES string of the molecule is CN1CCN(C(=O)C2(c3ccccc3)CCCC2)CC1. The summed E-state index contributed by atoms with van der Waals surface area (Å²) in [5.41, 5.74) is 0.985. The maximum Gasteiger partial charge on any atom is 0.233 e. The van der Waals surface area contributed by atoms with Gasteiger partial charge in [0, 0.05) is 26.2 Å². The van der Waals surface area contributed by atoms with E-state index in [-0.39, 0.29) is 5.41 Å². The summed E-state index contributed by atoms with van der Waals surface area (Å²) >= 11 is 0. The van der Waals surface area contributed by atoms with E-state index in [0.717, 1.165) is 39.0 Å². The summed E-state index contributed by atoms with van der Waals surface area (Å²) in [5, 5.41) is 0. The fraction of sp³-hybridized carbons (Fsp3) is 0.588. The van der Waals surface area contributed by atoms with Gasteiger partial charge in [0.2, 0.25) is 5.91 Å². The van der Waals surface area contributed by atoms with Crippen LogP contribution >= 0.6 is 0 Å². The van der Waals surface area contributed by atoms with Gasteiger partial charge in [-0.05, 0) is 25.5 Å². The molecule has 108 valence electrons. The summed E-state index contributed by atoms with van der Waals surface area (Å²) in [4.78, 5) is 17.5. The van der Waals surface area contributed by atoms with Crippen LogP contribution in [0.5, 0.6) is 0 Å². The van der Waals surface area contributed by atoms with E-state index in [4.69, 9.17) is 0 Å². The highest BCUT2D eigenvalue weighted by Gasteiger charge is 2.45. The Morgan fingerprint density at radius 1 is 1.00 bits per heavy atom. The highest BCUT2D eigenvalue weighted by molar-refractivity contribution is 5.88. The molecule has 1 aromatic rings. The van der Waals surface area contributed by atoms with Crippen LogP contribution in [0.25, 0.3) is 0 Å². The van der Waals surface area contributed by atoms with Crippen molar-refractivity contribution in [2.24, 2.45) is 0 Å². The van der Waals surface area contributed by atoms with E-state index < -0.39 is 0 Å². The summed E-state index contributed by atoms with van der Waals surface area (Å²) in [6.45, 7) is 3.75. The monoisotopic (exact) mass is 272 g/mol. The Kier molecular flexibility index (Phi) is 3.79. The predicted octanol–water partition coefficient (Wildman–Crippen LogP) is 2.27. The normalized spacial score (nSPS) is 22.9. The molecule has 0 bridgehead atoms. The average Bonchev–Trinajstić information content (AvgIpc) is 2.99. The quantitative estimate of drug-likeness (QED) is 0.824. The average molecular weight is 272 g/mol. The van der Waals surface area contributed by atoms with Crippen LogP contribution in [0.1, 0.15) is 31.2 Å². The van der Waals surface area contributed by atoms with Crippen LogP contribution in [-0.4, -0.2) is 48.9 Å². The minimum Gasteiger partial charge on any atom is -0.339 e. The van der Waals surface area contributed by atoms with Crippen LogP contribution in [0.3, 0.4) is 0 Å². The molecule has 1 heterocycles. The van der Waals surface area contributed by atoms with Crippen molar-refractivity contribution >= 4 is 5.91 Å². The fourth-order valence-corrected chi connectivity index (χ4v) is 3.67. The number of nitrogens with zero attached hydrogens (tertiary/aromatic N) is 2. The molecule has 0 radical (unpaired) electrons. The van der Waals surface area contributed by atoms with E-state index in [1.165, 1.54) is 18.4 Å². The summed E-state index contributed by atoms with van der Waals surface area (Å²) < 4.78 is 0.